The predicted octanol–water partition coefficient (Wildman–Crippen LogP) is 4.09. The number of anilines is 1. The number of hydrogen-bond donors (Lipinski definition) is 0. The summed E-state index contributed by atoms with van der Waals surface area (Å²) >= 11 is 0. The lowest BCUT2D eigenvalue weighted by Crippen LogP contribution is -2.07. The van der Waals surface area contributed by atoms with Gasteiger partial charge in [-0.05, 0) is 61.4 Å². The minimum Gasteiger partial charge on any atom is -0.378 e. The van der Waals surface area contributed by atoms with E-state index in [1.807, 2.05) is 44.4 Å². The van der Waals surface area contributed by atoms with Crippen molar-refractivity contribution < 1.29 is 4.52 Å². The molecule has 0 radical (unpaired) electrons. The Balaban J connectivity index is 1.91. The highest BCUT2D eigenvalue weighted by atomic mass is 16.5. The first-order valence-corrected chi connectivity index (χ1v) is 7.23. The van der Waals surface area contributed by atoms with Crippen LogP contribution in [0.5, 0.6) is 0 Å². The summed E-state index contributed by atoms with van der Waals surface area (Å²) in [5, 5.41) is 4.09. The molecule has 0 fully saturated rings. The molecule has 4 nitrogen and oxygen atoms in total. The van der Waals surface area contributed by atoms with Gasteiger partial charge in [0.2, 0.25) is 5.82 Å². The highest BCUT2D eigenvalue weighted by Gasteiger charge is 2.11. The van der Waals surface area contributed by atoms with Crippen LogP contribution in [0, 0.1) is 13.8 Å². The molecule has 0 spiro atoms. The summed E-state index contributed by atoms with van der Waals surface area (Å²) < 4.78 is 5.41. The molecule has 1 aromatic heterocycles. The molecule has 3 aromatic rings. The Kier molecular flexibility index (Phi) is 3.67. The van der Waals surface area contributed by atoms with Gasteiger partial charge in [-0.15, -0.1) is 0 Å². The Labute approximate surface area is 130 Å². The molecule has 3 rings (SSSR count). The Morgan fingerprint density at radius 2 is 1.55 bits per heavy atom. The lowest BCUT2D eigenvalue weighted by atomic mass is 10.1. The van der Waals surface area contributed by atoms with Crippen LogP contribution in [0.1, 0.15) is 11.1 Å². The van der Waals surface area contributed by atoms with Crippen LogP contribution in [0.4, 0.5) is 5.69 Å². The second-order valence-electron chi connectivity index (χ2n) is 5.66. The molecule has 0 aliphatic rings. The van der Waals surface area contributed by atoms with E-state index < -0.39 is 0 Å². The number of aryl methyl sites for hydroxylation is 2. The summed E-state index contributed by atoms with van der Waals surface area (Å²) in [6.07, 6.45) is 0. The maximum absolute atomic E-state index is 5.41. The van der Waals surface area contributed by atoms with Crippen LogP contribution in [0.3, 0.4) is 0 Å². The van der Waals surface area contributed by atoms with Gasteiger partial charge in [-0.3, -0.25) is 0 Å². The van der Waals surface area contributed by atoms with E-state index in [0.29, 0.717) is 11.7 Å². The second-order valence-corrected chi connectivity index (χ2v) is 5.66. The van der Waals surface area contributed by atoms with Gasteiger partial charge in [-0.25, -0.2) is 0 Å². The number of rotatable bonds is 3. The lowest BCUT2D eigenvalue weighted by molar-refractivity contribution is 0.432. The highest BCUT2D eigenvalue weighted by Crippen LogP contribution is 2.25. The van der Waals surface area contributed by atoms with Crippen molar-refractivity contribution in [1.29, 1.82) is 0 Å². The van der Waals surface area contributed by atoms with E-state index in [9.17, 15) is 0 Å². The third kappa shape index (κ3) is 2.72. The van der Waals surface area contributed by atoms with Crippen molar-refractivity contribution in [2.24, 2.45) is 0 Å². The fourth-order valence-electron chi connectivity index (χ4n) is 2.24. The van der Waals surface area contributed by atoms with Gasteiger partial charge in [-0.1, -0.05) is 11.2 Å². The van der Waals surface area contributed by atoms with Crippen LogP contribution in [-0.2, 0) is 0 Å². The molecule has 22 heavy (non-hydrogen) atoms. The zero-order valence-electron chi connectivity index (χ0n) is 13.3. The topological polar surface area (TPSA) is 42.2 Å². The Hall–Kier alpha value is -2.62. The van der Waals surface area contributed by atoms with Crippen LogP contribution in [0.2, 0.25) is 0 Å². The molecule has 0 amide bonds. The summed E-state index contributed by atoms with van der Waals surface area (Å²) in [6.45, 7) is 4.17. The zero-order chi connectivity index (χ0) is 15.7. The van der Waals surface area contributed by atoms with Crippen molar-refractivity contribution in [1.82, 2.24) is 10.1 Å². The van der Waals surface area contributed by atoms with E-state index in [0.717, 1.165) is 16.8 Å². The first kappa shape index (κ1) is 14.3. The van der Waals surface area contributed by atoms with E-state index in [2.05, 4.69) is 41.0 Å². The van der Waals surface area contributed by atoms with E-state index >= 15 is 0 Å². The van der Waals surface area contributed by atoms with Gasteiger partial charge in [0, 0.05) is 30.9 Å². The molecule has 112 valence electrons. The normalized spacial score (nSPS) is 10.7. The minimum absolute atomic E-state index is 0.551. The second kappa shape index (κ2) is 5.64. The van der Waals surface area contributed by atoms with E-state index in [1.54, 1.807) is 0 Å². The predicted molar refractivity (Wildman–Crippen MR) is 89.0 cm³/mol. The first-order chi connectivity index (χ1) is 10.5. The zero-order valence-corrected chi connectivity index (χ0v) is 13.3. The van der Waals surface area contributed by atoms with E-state index in [4.69, 9.17) is 4.52 Å². The summed E-state index contributed by atoms with van der Waals surface area (Å²) in [6, 6.07) is 14.2. The molecule has 4 heteroatoms. The summed E-state index contributed by atoms with van der Waals surface area (Å²) in [5.41, 5.74) is 5.51. The quantitative estimate of drug-likeness (QED) is 0.729. The lowest BCUT2D eigenvalue weighted by Gasteiger charge is -2.11. The van der Waals surface area contributed by atoms with Crippen LogP contribution in [-0.4, -0.2) is 24.2 Å². The fraction of sp³-hybridized carbons (Fsp3) is 0.222. The molecule has 0 bridgehead atoms. The molecule has 0 unspecified atom stereocenters. The van der Waals surface area contributed by atoms with Crippen molar-refractivity contribution in [2.75, 3.05) is 19.0 Å². The van der Waals surface area contributed by atoms with Gasteiger partial charge in [0.25, 0.3) is 5.89 Å². The van der Waals surface area contributed by atoms with Gasteiger partial charge in [-0.2, -0.15) is 4.98 Å². The van der Waals surface area contributed by atoms with Gasteiger partial charge in [0.05, 0.1) is 0 Å². The van der Waals surface area contributed by atoms with E-state index in [-0.39, 0.29) is 0 Å². The molecular weight excluding hydrogens is 274 g/mol. The Bertz CT molecular complexity index is 788. The molecule has 0 aliphatic heterocycles. The van der Waals surface area contributed by atoms with Gasteiger partial charge in [0.1, 0.15) is 0 Å². The fourth-order valence-corrected chi connectivity index (χ4v) is 2.24. The van der Waals surface area contributed by atoms with Crippen LogP contribution in [0.25, 0.3) is 22.8 Å². The maximum Gasteiger partial charge on any atom is 0.258 e. The third-order valence-electron chi connectivity index (χ3n) is 3.82. The van der Waals surface area contributed by atoms with Gasteiger partial charge in [0.15, 0.2) is 0 Å². The molecule has 1 heterocycles. The number of benzene rings is 2. The van der Waals surface area contributed by atoms with Crippen molar-refractivity contribution in [3.05, 3.63) is 53.6 Å². The average Bonchev–Trinajstić information content (AvgIpc) is 3.00. The van der Waals surface area contributed by atoms with Gasteiger partial charge >= 0.3 is 0 Å². The molecule has 2 aromatic carbocycles. The molecule has 0 saturated heterocycles. The molecule has 0 saturated carbocycles. The van der Waals surface area contributed by atoms with Crippen LogP contribution >= 0.6 is 0 Å². The average molecular weight is 293 g/mol. The highest BCUT2D eigenvalue weighted by molar-refractivity contribution is 5.63. The van der Waals surface area contributed by atoms with Crippen molar-refractivity contribution in [2.45, 2.75) is 13.8 Å². The standard InChI is InChI=1S/C18H19N3O/c1-12-5-6-15(11-13(12)2)18-19-17(20-22-18)14-7-9-16(10-8-14)21(3)4/h5-11H,1-4H3. The monoisotopic (exact) mass is 293 g/mol. The summed E-state index contributed by atoms with van der Waals surface area (Å²) in [5.74, 6) is 1.16. The van der Waals surface area contributed by atoms with Crippen molar-refractivity contribution in [3.8, 4) is 22.8 Å². The Morgan fingerprint density at radius 3 is 2.18 bits per heavy atom. The maximum atomic E-state index is 5.41. The largest absolute Gasteiger partial charge is 0.378 e. The van der Waals surface area contributed by atoms with Crippen molar-refractivity contribution in [3.63, 3.8) is 0 Å². The number of aromatic nitrogens is 2. The number of nitrogens with zero attached hydrogens (tertiary/aromatic N) is 3. The van der Waals surface area contributed by atoms with Crippen molar-refractivity contribution >= 4 is 5.69 Å². The number of hydrogen-bond acceptors (Lipinski definition) is 4. The Morgan fingerprint density at radius 1 is 0.864 bits per heavy atom. The van der Waals surface area contributed by atoms with Crippen LogP contribution < -0.4 is 4.90 Å². The summed E-state index contributed by atoms with van der Waals surface area (Å²) in [7, 11) is 4.03. The van der Waals surface area contributed by atoms with Gasteiger partial charge < -0.3 is 9.42 Å². The van der Waals surface area contributed by atoms with E-state index in [1.165, 1.54) is 11.1 Å². The molecule has 0 aliphatic carbocycles. The smallest absolute Gasteiger partial charge is 0.258 e. The molecule has 0 atom stereocenters. The first-order valence-electron chi connectivity index (χ1n) is 7.23. The molecule has 0 N–H and O–H groups in total. The summed E-state index contributed by atoms with van der Waals surface area (Å²) in [4.78, 5) is 6.56. The SMILES string of the molecule is Cc1ccc(-c2nc(-c3ccc(N(C)C)cc3)no2)cc1C. The minimum atomic E-state index is 0.551. The molecular formula is C18H19N3O. The third-order valence-corrected chi connectivity index (χ3v) is 3.82. The van der Waals surface area contributed by atoms with Crippen LogP contribution in [0.15, 0.2) is 47.0 Å².